The quantitative estimate of drug-likeness (QED) is 0.885. The highest BCUT2D eigenvalue weighted by Gasteiger charge is 2.28. The van der Waals surface area contributed by atoms with Crippen LogP contribution in [0.1, 0.15) is 33.1 Å². The molecule has 1 saturated carbocycles. The highest BCUT2D eigenvalue weighted by molar-refractivity contribution is 7.89. The summed E-state index contributed by atoms with van der Waals surface area (Å²) in [4.78, 5) is 3.90. The molecule has 3 N–H and O–H groups in total. The predicted octanol–water partition coefficient (Wildman–Crippen LogP) is 1.77. The van der Waals surface area contributed by atoms with E-state index in [0.29, 0.717) is 11.8 Å². The van der Waals surface area contributed by atoms with E-state index >= 15 is 0 Å². The summed E-state index contributed by atoms with van der Waals surface area (Å²) in [7, 11) is -3.57. The molecule has 19 heavy (non-hydrogen) atoms. The van der Waals surface area contributed by atoms with Crippen molar-refractivity contribution in [3.05, 3.63) is 18.5 Å². The van der Waals surface area contributed by atoms with Gasteiger partial charge in [0.15, 0.2) is 0 Å². The van der Waals surface area contributed by atoms with Crippen molar-refractivity contribution >= 4 is 15.7 Å². The smallest absolute Gasteiger partial charge is 0.244 e. The van der Waals surface area contributed by atoms with Crippen molar-refractivity contribution in [2.75, 3.05) is 5.73 Å². The number of rotatable bonds is 3. The van der Waals surface area contributed by atoms with Crippen LogP contribution in [0.25, 0.3) is 0 Å². The van der Waals surface area contributed by atoms with Crippen LogP contribution < -0.4 is 10.5 Å². The van der Waals surface area contributed by atoms with Crippen LogP contribution in [0.3, 0.4) is 0 Å². The van der Waals surface area contributed by atoms with Crippen molar-refractivity contribution in [3.63, 3.8) is 0 Å². The van der Waals surface area contributed by atoms with Gasteiger partial charge in [-0.3, -0.25) is 4.98 Å². The number of nitrogen functional groups attached to an aromatic ring is 1. The summed E-state index contributed by atoms with van der Waals surface area (Å²) < 4.78 is 27.3. The summed E-state index contributed by atoms with van der Waals surface area (Å²) >= 11 is 0. The molecule has 0 saturated heterocycles. The Morgan fingerprint density at radius 3 is 2.68 bits per heavy atom. The van der Waals surface area contributed by atoms with Crippen molar-refractivity contribution in [2.45, 2.75) is 44.0 Å². The van der Waals surface area contributed by atoms with Gasteiger partial charge >= 0.3 is 0 Å². The summed E-state index contributed by atoms with van der Waals surface area (Å²) in [6.45, 7) is 4.39. The van der Waals surface area contributed by atoms with Gasteiger partial charge in [0.05, 0.1) is 5.69 Å². The molecule has 3 atom stereocenters. The zero-order valence-electron chi connectivity index (χ0n) is 11.3. The van der Waals surface area contributed by atoms with Gasteiger partial charge in [-0.05, 0) is 37.2 Å². The van der Waals surface area contributed by atoms with Crippen LogP contribution in [0, 0.1) is 11.8 Å². The van der Waals surface area contributed by atoms with Gasteiger partial charge in [0.1, 0.15) is 4.90 Å². The Kier molecular flexibility index (Phi) is 4.10. The molecule has 0 spiro atoms. The standard InChI is InChI=1S/C13H21N3O2S/c1-9-3-4-11(7-10(9)2)16-19(17,18)13-8-15-6-5-12(13)14/h5-6,8-11,16H,3-4,7H2,1-2H3,(H2,14,15). The second kappa shape index (κ2) is 5.46. The van der Waals surface area contributed by atoms with Crippen LogP contribution in [0.2, 0.25) is 0 Å². The van der Waals surface area contributed by atoms with E-state index in [4.69, 9.17) is 5.73 Å². The van der Waals surface area contributed by atoms with E-state index in [-0.39, 0.29) is 16.6 Å². The molecule has 0 amide bonds. The third-order valence-corrected chi connectivity index (χ3v) is 5.59. The van der Waals surface area contributed by atoms with Crippen LogP contribution in [0.4, 0.5) is 5.69 Å². The van der Waals surface area contributed by atoms with E-state index in [1.807, 2.05) is 0 Å². The number of nitrogens with two attached hydrogens (primary N) is 1. The molecule has 0 aromatic carbocycles. The first kappa shape index (κ1) is 14.3. The van der Waals surface area contributed by atoms with Gasteiger partial charge < -0.3 is 5.73 Å². The summed E-state index contributed by atoms with van der Waals surface area (Å²) in [6.07, 6.45) is 5.59. The van der Waals surface area contributed by atoms with E-state index in [2.05, 4.69) is 23.6 Å². The average Bonchev–Trinajstić information content (AvgIpc) is 2.34. The topological polar surface area (TPSA) is 85.1 Å². The lowest BCUT2D eigenvalue weighted by molar-refractivity contribution is 0.242. The fourth-order valence-electron chi connectivity index (χ4n) is 2.55. The number of pyridine rings is 1. The summed E-state index contributed by atoms with van der Waals surface area (Å²) in [5.74, 6) is 1.19. The molecule has 1 aromatic heterocycles. The van der Waals surface area contributed by atoms with Crippen molar-refractivity contribution in [1.82, 2.24) is 9.71 Å². The van der Waals surface area contributed by atoms with Gasteiger partial charge in [0, 0.05) is 18.4 Å². The number of hydrogen-bond acceptors (Lipinski definition) is 4. The monoisotopic (exact) mass is 283 g/mol. The molecule has 5 nitrogen and oxygen atoms in total. The average molecular weight is 283 g/mol. The molecule has 106 valence electrons. The van der Waals surface area contributed by atoms with Crippen molar-refractivity contribution < 1.29 is 8.42 Å². The van der Waals surface area contributed by atoms with Gasteiger partial charge in [-0.1, -0.05) is 13.8 Å². The maximum absolute atomic E-state index is 12.3. The SMILES string of the molecule is CC1CCC(NS(=O)(=O)c2cnccc2N)CC1C. The molecule has 0 bridgehead atoms. The molecule has 1 heterocycles. The Morgan fingerprint density at radius 2 is 2.05 bits per heavy atom. The first-order chi connectivity index (χ1) is 8.90. The molecule has 1 aliphatic carbocycles. The zero-order valence-corrected chi connectivity index (χ0v) is 12.2. The number of hydrogen-bond donors (Lipinski definition) is 2. The normalized spacial score (nSPS) is 28.2. The minimum atomic E-state index is -3.57. The first-order valence-electron chi connectivity index (χ1n) is 6.62. The maximum atomic E-state index is 12.3. The van der Waals surface area contributed by atoms with Crippen LogP contribution in [0.5, 0.6) is 0 Å². The Balaban J connectivity index is 2.12. The summed E-state index contributed by atoms with van der Waals surface area (Å²) in [5.41, 5.74) is 5.94. The molecule has 0 aliphatic heterocycles. The van der Waals surface area contributed by atoms with Crippen molar-refractivity contribution in [3.8, 4) is 0 Å². The molecule has 1 aromatic rings. The highest BCUT2D eigenvalue weighted by atomic mass is 32.2. The molecule has 6 heteroatoms. The lowest BCUT2D eigenvalue weighted by Gasteiger charge is -2.32. The fourth-order valence-corrected chi connectivity index (χ4v) is 3.91. The van der Waals surface area contributed by atoms with E-state index in [0.717, 1.165) is 19.3 Å². The number of anilines is 1. The van der Waals surface area contributed by atoms with Crippen LogP contribution >= 0.6 is 0 Å². The number of aromatic nitrogens is 1. The lowest BCUT2D eigenvalue weighted by Crippen LogP contribution is -2.40. The number of nitrogens with one attached hydrogen (secondary N) is 1. The second-order valence-electron chi connectivity index (χ2n) is 5.50. The molecule has 0 radical (unpaired) electrons. The van der Waals surface area contributed by atoms with Crippen molar-refractivity contribution in [2.24, 2.45) is 11.8 Å². The van der Waals surface area contributed by atoms with E-state index in [1.165, 1.54) is 18.5 Å². The molecule has 1 aliphatic rings. The first-order valence-corrected chi connectivity index (χ1v) is 8.10. The van der Waals surface area contributed by atoms with Crippen molar-refractivity contribution in [1.29, 1.82) is 0 Å². The second-order valence-corrected chi connectivity index (χ2v) is 7.18. The largest absolute Gasteiger partial charge is 0.398 e. The molecule has 1 fully saturated rings. The Bertz CT molecular complexity index is 545. The minimum absolute atomic E-state index is 0.00388. The Labute approximate surface area is 114 Å². The predicted molar refractivity (Wildman–Crippen MR) is 74.9 cm³/mol. The van der Waals surface area contributed by atoms with Crippen LogP contribution in [-0.4, -0.2) is 19.4 Å². The van der Waals surface area contributed by atoms with Gasteiger partial charge in [0.25, 0.3) is 0 Å². The lowest BCUT2D eigenvalue weighted by atomic mass is 9.79. The summed E-state index contributed by atoms with van der Waals surface area (Å²) in [6, 6.07) is 1.50. The fraction of sp³-hybridized carbons (Fsp3) is 0.615. The van der Waals surface area contributed by atoms with Gasteiger partial charge in [-0.2, -0.15) is 0 Å². The Hall–Kier alpha value is -1.14. The van der Waals surface area contributed by atoms with E-state index < -0.39 is 10.0 Å². The molecular weight excluding hydrogens is 262 g/mol. The maximum Gasteiger partial charge on any atom is 0.244 e. The van der Waals surface area contributed by atoms with Gasteiger partial charge in [0.2, 0.25) is 10.0 Å². The molecular formula is C13H21N3O2S. The molecule has 3 unspecified atom stereocenters. The minimum Gasteiger partial charge on any atom is -0.398 e. The van der Waals surface area contributed by atoms with Crippen LogP contribution in [-0.2, 0) is 10.0 Å². The van der Waals surface area contributed by atoms with Gasteiger partial charge in [-0.25, -0.2) is 13.1 Å². The number of nitrogens with zero attached hydrogens (tertiary/aromatic N) is 1. The highest BCUT2D eigenvalue weighted by Crippen LogP contribution is 2.30. The molecule has 2 rings (SSSR count). The van der Waals surface area contributed by atoms with Crippen LogP contribution in [0.15, 0.2) is 23.4 Å². The number of sulfonamides is 1. The van der Waals surface area contributed by atoms with E-state index in [9.17, 15) is 8.42 Å². The third kappa shape index (κ3) is 3.25. The third-order valence-electron chi connectivity index (χ3n) is 4.03. The summed E-state index contributed by atoms with van der Waals surface area (Å²) in [5, 5.41) is 0. The van der Waals surface area contributed by atoms with E-state index in [1.54, 1.807) is 0 Å². The van der Waals surface area contributed by atoms with Gasteiger partial charge in [-0.15, -0.1) is 0 Å². The zero-order chi connectivity index (χ0) is 14.0. The Morgan fingerprint density at radius 1 is 1.32 bits per heavy atom.